The van der Waals surface area contributed by atoms with Gasteiger partial charge in [0, 0.05) is 23.7 Å². The molecule has 0 bridgehead atoms. The smallest absolute Gasteiger partial charge is 0.225 e. The third-order valence-electron chi connectivity index (χ3n) is 3.80. The first-order chi connectivity index (χ1) is 13.1. The number of benzene rings is 2. The topological polar surface area (TPSA) is 56.1 Å². The van der Waals surface area contributed by atoms with E-state index >= 15 is 0 Å². The number of carbonyl (C=O) groups excluding carboxylic acids is 1. The summed E-state index contributed by atoms with van der Waals surface area (Å²) in [5, 5.41) is 7.71. The molecule has 3 rings (SSSR count). The van der Waals surface area contributed by atoms with Crippen molar-refractivity contribution in [2.75, 3.05) is 11.9 Å². The minimum Gasteiger partial charge on any atom is -0.494 e. The molecule has 0 saturated carbocycles. The van der Waals surface area contributed by atoms with E-state index in [0.29, 0.717) is 36.8 Å². The molecule has 0 unspecified atom stereocenters. The molecule has 1 heterocycles. The number of aromatic nitrogens is 2. The largest absolute Gasteiger partial charge is 0.494 e. The zero-order valence-electron chi connectivity index (χ0n) is 14.6. The molecule has 27 heavy (non-hydrogen) atoms. The summed E-state index contributed by atoms with van der Waals surface area (Å²) in [6.07, 6.45) is 2.69. The van der Waals surface area contributed by atoms with Gasteiger partial charge in [0.1, 0.15) is 11.6 Å². The molecular formula is C20H19ClFN3O2. The lowest BCUT2D eigenvalue weighted by Crippen LogP contribution is -2.13. The molecule has 5 nitrogen and oxygen atoms in total. The zero-order chi connectivity index (χ0) is 19.1. The zero-order valence-corrected chi connectivity index (χ0v) is 15.3. The molecule has 0 fully saturated rings. The molecule has 140 valence electrons. The Hall–Kier alpha value is -2.86. The Morgan fingerprint density at radius 3 is 2.59 bits per heavy atom. The van der Waals surface area contributed by atoms with Gasteiger partial charge in [-0.15, -0.1) is 0 Å². The first-order valence-corrected chi connectivity index (χ1v) is 8.92. The van der Waals surface area contributed by atoms with E-state index in [-0.39, 0.29) is 11.7 Å². The highest BCUT2D eigenvalue weighted by Crippen LogP contribution is 2.16. The summed E-state index contributed by atoms with van der Waals surface area (Å²) in [7, 11) is 0. The maximum Gasteiger partial charge on any atom is 0.225 e. The quantitative estimate of drug-likeness (QED) is 0.578. The van der Waals surface area contributed by atoms with Crippen LogP contribution >= 0.6 is 11.6 Å². The number of carbonyl (C=O) groups is 1. The van der Waals surface area contributed by atoms with Crippen molar-refractivity contribution in [3.05, 3.63) is 77.2 Å². The average Bonchev–Trinajstić information content (AvgIpc) is 3.09. The van der Waals surface area contributed by atoms with Gasteiger partial charge in [-0.1, -0.05) is 23.7 Å². The van der Waals surface area contributed by atoms with Crippen LogP contribution in [0.25, 0.3) is 0 Å². The van der Waals surface area contributed by atoms with Crippen molar-refractivity contribution >= 4 is 23.3 Å². The van der Waals surface area contributed by atoms with Gasteiger partial charge in [-0.05, 0) is 48.4 Å². The van der Waals surface area contributed by atoms with E-state index in [2.05, 4.69) is 10.4 Å². The van der Waals surface area contributed by atoms with Gasteiger partial charge in [0.05, 0.1) is 13.2 Å². The normalized spacial score (nSPS) is 10.6. The number of nitrogens with zero attached hydrogens (tertiary/aromatic N) is 2. The van der Waals surface area contributed by atoms with E-state index in [1.807, 2.05) is 0 Å². The van der Waals surface area contributed by atoms with Crippen LogP contribution in [0.5, 0.6) is 5.75 Å². The Kier molecular flexibility index (Phi) is 6.44. The SMILES string of the molecule is O=C(CCCOc1ccc(Cl)cc1)Nc1ccn(Cc2ccc(F)cc2)n1. The molecule has 3 aromatic rings. The van der Waals surface area contributed by atoms with Gasteiger partial charge in [0.2, 0.25) is 5.91 Å². The Morgan fingerprint density at radius 1 is 1.11 bits per heavy atom. The molecule has 0 aliphatic rings. The average molecular weight is 388 g/mol. The number of ether oxygens (including phenoxy) is 1. The van der Waals surface area contributed by atoms with Crippen molar-refractivity contribution < 1.29 is 13.9 Å². The van der Waals surface area contributed by atoms with Gasteiger partial charge in [0.25, 0.3) is 0 Å². The molecule has 0 atom stereocenters. The Morgan fingerprint density at radius 2 is 1.85 bits per heavy atom. The van der Waals surface area contributed by atoms with E-state index < -0.39 is 0 Å². The van der Waals surface area contributed by atoms with E-state index in [4.69, 9.17) is 16.3 Å². The monoisotopic (exact) mass is 387 g/mol. The molecule has 2 aromatic carbocycles. The van der Waals surface area contributed by atoms with Crippen LogP contribution < -0.4 is 10.1 Å². The summed E-state index contributed by atoms with van der Waals surface area (Å²) >= 11 is 5.81. The van der Waals surface area contributed by atoms with Crippen LogP contribution in [-0.2, 0) is 11.3 Å². The lowest BCUT2D eigenvalue weighted by atomic mass is 10.2. The second kappa shape index (κ2) is 9.19. The van der Waals surface area contributed by atoms with E-state index in [9.17, 15) is 9.18 Å². The second-order valence-corrected chi connectivity index (χ2v) is 6.42. The summed E-state index contributed by atoms with van der Waals surface area (Å²) < 4.78 is 20.2. The van der Waals surface area contributed by atoms with Crippen molar-refractivity contribution in [1.82, 2.24) is 9.78 Å². The Balaban J connectivity index is 1.39. The number of halogens is 2. The number of anilines is 1. The predicted molar refractivity (Wildman–Crippen MR) is 103 cm³/mol. The van der Waals surface area contributed by atoms with Crippen LogP contribution in [-0.4, -0.2) is 22.3 Å². The Labute approximate surface area is 161 Å². The van der Waals surface area contributed by atoms with E-state index in [0.717, 1.165) is 11.3 Å². The van der Waals surface area contributed by atoms with Crippen molar-refractivity contribution in [3.8, 4) is 5.75 Å². The molecule has 1 aromatic heterocycles. The summed E-state index contributed by atoms with van der Waals surface area (Å²) in [4.78, 5) is 12.0. The summed E-state index contributed by atoms with van der Waals surface area (Å²) in [5.74, 6) is 0.814. The first-order valence-electron chi connectivity index (χ1n) is 8.54. The number of nitrogens with one attached hydrogen (secondary N) is 1. The van der Waals surface area contributed by atoms with Crippen molar-refractivity contribution in [3.63, 3.8) is 0 Å². The third kappa shape index (κ3) is 6.11. The fourth-order valence-electron chi connectivity index (χ4n) is 2.45. The molecule has 0 radical (unpaired) electrons. The fraction of sp³-hybridized carbons (Fsp3) is 0.200. The minimum absolute atomic E-state index is 0.123. The Bertz CT molecular complexity index is 879. The lowest BCUT2D eigenvalue weighted by molar-refractivity contribution is -0.116. The number of hydrogen-bond donors (Lipinski definition) is 1. The van der Waals surface area contributed by atoms with Gasteiger partial charge in [-0.2, -0.15) is 5.10 Å². The fourth-order valence-corrected chi connectivity index (χ4v) is 2.58. The van der Waals surface area contributed by atoms with Crippen LogP contribution in [0.3, 0.4) is 0 Å². The van der Waals surface area contributed by atoms with Gasteiger partial charge in [0.15, 0.2) is 5.82 Å². The van der Waals surface area contributed by atoms with Crippen LogP contribution in [0.2, 0.25) is 5.02 Å². The molecule has 0 aliphatic carbocycles. The van der Waals surface area contributed by atoms with Crippen LogP contribution in [0.15, 0.2) is 60.8 Å². The number of rotatable bonds is 8. The van der Waals surface area contributed by atoms with Gasteiger partial charge >= 0.3 is 0 Å². The van der Waals surface area contributed by atoms with E-state index in [1.54, 1.807) is 53.3 Å². The molecule has 1 N–H and O–H groups in total. The molecule has 7 heteroatoms. The number of amides is 1. The van der Waals surface area contributed by atoms with Crippen LogP contribution in [0, 0.1) is 5.82 Å². The first kappa shape index (κ1) is 18.9. The van der Waals surface area contributed by atoms with E-state index in [1.165, 1.54) is 12.1 Å². The molecule has 1 amide bonds. The highest BCUT2D eigenvalue weighted by atomic mass is 35.5. The van der Waals surface area contributed by atoms with Crippen molar-refractivity contribution in [1.29, 1.82) is 0 Å². The van der Waals surface area contributed by atoms with Gasteiger partial charge < -0.3 is 10.1 Å². The van der Waals surface area contributed by atoms with Crippen molar-refractivity contribution in [2.45, 2.75) is 19.4 Å². The van der Waals surface area contributed by atoms with Crippen LogP contribution in [0.1, 0.15) is 18.4 Å². The summed E-state index contributed by atoms with van der Waals surface area (Å²) in [5.41, 5.74) is 0.928. The molecular weight excluding hydrogens is 369 g/mol. The number of hydrogen-bond acceptors (Lipinski definition) is 3. The second-order valence-electron chi connectivity index (χ2n) is 5.98. The summed E-state index contributed by atoms with van der Waals surface area (Å²) in [6.45, 7) is 0.944. The van der Waals surface area contributed by atoms with Crippen molar-refractivity contribution in [2.24, 2.45) is 0 Å². The lowest BCUT2D eigenvalue weighted by Gasteiger charge is -2.06. The highest BCUT2D eigenvalue weighted by molar-refractivity contribution is 6.30. The standard InChI is InChI=1S/C20H19ClFN3O2/c21-16-5-9-18(10-6-16)27-13-1-2-20(26)23-19-11-12-25(24-19)14-15-3-7-17(22)8-4-15/h3-12H,1-2,13-14H2,(H,23,24,26). The van der Waals surface area contributed by atoms with Gasteiger partial charge in [-0.25, -0.2) is 4.39 Å². The minimum atomic E-state index is -0.271. The molecule has 0 aliphatic heterocycles. The summed E-state index contributed by atoms with van der Waals surface area (Å²) in [6, 6.07) is 15.0. The molecule has 0 spiro atoms. The maximum absolute atomic E-state index is 12.9. The molecule has 0 saturated heterocycles. The maximum atomic E-state index is 12.9. The highest BCUT2D eigenvalue weighted by Gasteiger charge is 2.06. The predicted octanol–water partition coefficient (Wildman–Crippen LogP) is 4.52. The third-order valence-corrected chi connectivity index (χ3v) is 4.05. The van der Waals surface area contributed by atoms with Crippen LogP contribution in [0.4, 0.5) is 10.2 Å². The van der Waals surface area contributed by atoms with Gasteiger partial charge in [-0.3, -0.25) is 9.48 Å².